The number of anilines is 1. The van der Waals surface area contributed by atoms with E-state index in [4.69, 9.17) is 21.1 Å². The quantitative estimate of drug-likeness (QED) is 0.281. The van der Waals surface area contributed by atoms with Crippen molar-refractivity contribution in [3.63, 3.8) is 0 Å². The number of hydrogen-bond donors (Lipinski definition) is 0. The number of hydrazone groups is 1. The lowest BCUT2D eigenvalue weighted by Gasteiger charge is -2.15. The molecule has 1 aliphatic heterocycles. The predicted molar refractivity (Wildman–Crippen MR) is 141 cm³/mol. The van der Waals surface area contributed by atoms with Crippen molar-refractivity contribution >= 4 is 45.8 Å². The molecule has 4 aromatic rings. The molecule has 0 saturated heterocycles. The highest BCUT2D eigenvalue weighted by atomic mass is 35.5. The summed E-state index contributed by atoms with van der Waals surface area (Å²) < 4.78 is 11.7. The van der Waals surface area contributed by atoms with Gasteiger partial charge in [0.15, 0.2) is 11.5 Å². The van der Waals surface area contributed by atoms with Gasteiger partial charge in [-0.25, -0.2) is 0 Å². The Morgan fingerprint density at radius 1 is 0.971 bits per heavy atom. The summed E-state index contributed by atoms with van der Waals surface area (Å²) in [5, 5.41) is 8.51. The van der Waals surface area contributed by atoms with Crippen LogP contribution in [0, 0.1) is 0 Å². The number of hydrogen-bond acceptors (Lipinski definition) is 4. The van der Waals surface area contributed by atoms with Crippen LogP contribution >= 0.6 is 11.6 Å². The molecule has 0 spiro atoms. The van der Waals surface area contributed by atoms with E-state index in [9.17, 15) is 4.79 Å². The number of amides is 1. The number of carbonyl (C=O) groups is 1. The molecule has 0 radical (unpaired) electrons. The second kappa shape index (κ2) is 9.65. The normalized spacial score (nSPS) is 14.5. The molecule has 0 fully saturated rings. The van der Waals surface area contributed by atoms with E-state index in [1.54, 1.807) is 19.3 Å². The minimum absolute atomic E-state index is 0.194. The van der Waals surface area contributed by atoms with Crippen molar-refractivity contribution in [2.24, 2.45) is 5.10 Å². The lowest BCUT2D eigenvalue weighted by molar-refractivity contribution is -0.114. The Bertz CT molecular complexity index is 1470. The lowest BCUT2D eigenvalue weighted by Crippen LogP contribution is -2.21. The van der Waals surface area contributed by atoms with Crippen LogP contribution in [0.2, 0.25) is 5.02 Å². The summed E-state index contributed by atoms with van der Waals surface area (Å²) in [4.78, 5) is 13.0. The van der Waals surface area contributed by atoms with Gasteiger partial charge in [0.1, 0.15) is 6.61 Å². The van der Waals surface area contributed by atoms with E-state index in [0.717, 1.165) is 21.9 Å². The van der Waals surface area contributed by atoms with Gasteiger partial charge in [-0.2, -0.15) is 10.1 Å². The van der Waals surface area contributed by atoms with Crippen molar-refractivity contribution in [2.75, 3.05) is 12.1 Å². The minimum atomic E-state index is -0.194. The highest BCUT2D eigenvalue weighted by molar-refractivity contribution is 6.33. The van der Waals surface area contributed by atoms with Crippen LogP contribution < -0.4 is 14.5 Å². The molecule has 5 rings (SSSR count). The zero-order valence-electron chi connectivity index (χ0n) is 19.4. The molecule has 0 bridgehead atoms. The fraction of sp³-hybridized carbons (Fsp3) is 0.103. The Morgan fingerprint density at radius 2 is 1.71 bits per heavy atom. The van der Waals surface area contributed by atoms with E-state index in [1.165, 1.54) is 5.01 Å². The molecule has 1 amide bonds. The van der Waals surface area contributed by atoms with Crippen LogP contribution in [-0.4, -0.2) is 18.7 Å². The van der Waals surface area contributed by atoms with Gasteiger partial charge in [0.05, 0.1) is 29.1 Å². The summed E-state index contributed by atoms with van der Waals surface area (Å²) in [6.07, 6.45) is 1.77. The van der Waals surface area contributed by atoms with Crippen molar-refractivity contribution in [3.8, 4) is 11.5 Å². The molecule has 0 saturated carbocycles. The molecule has 0 aromatic heterocycles. The van der Waals surface area contributed by atoms with Crippen LogP contribution in [0.5, 0.6) is 11.5 Å². The van der Waals surface area contributed by atoms with Gasteiger partial charge in [-0.05, 0) is 59.2 Å². The van der Waals surface area contributed by atoms with Crippen LogP contribution in [0.4, 0.5) is 5.69 Å². The van der Waals surface area contributed by atoms with Crippen LogP contribution in [-0.2, 0) is 11.4 Å². The molecule has 1 aliphatic rings. The average molecular weight is 483 g/mol. The molecular formula is C29H23ClN2O3. The lowest BCUT2D eigenvalue weighted by atomic mass is 10.1. The van der Waals surface area contributed by atoms with Crippen molar-refractivity contribution in [2.45, 2.75) is 13.5 Å². The number of methoxy groups -OCH3 is 1. The number of ether oxygens (including phenoxy) is 2. The maximum absolute atomic E-state index is 13.0. The Balaban J connectivity index is 1.42. The topological polar surface area (TPSA) is 51.1 Å². The van der Waals surface area contributed by atoms with Gasteiger partial charge in [0.25, 0.3) is 5.91 Å². The van der Waals surface area contributed by atoms with Crippen LogP contribution in [0.1, 0.15) is 18.1 Å². The molecule has 0 unspecified atom stereocenters. The number of benzene rings is 4. The van der Waals surface area contributed by atoms with Gasteiger partial charge in [0, 0.05) is 0 Å². The monoisotopic (exact) mass is 482 g/mol. The molecule has 1 heterocycles. The Labute approximate surface area is 208 Å². The Kier molecular flexibility index (Phi) is 6.25. The summed E-state index contributed by atoms with van der Waals surface area (Å²) in [7, 11) is 1.57. The Hall–Kier alpha value is -4.09. The third-order valence-electron chi connectivity index (χ3n) is 5.88. The van der Waals surface area contributed by atoms with Gasteiger partial charge in [-0.1, -0.05) is 72.3 Å². The number of halogens is 1. The van der Waals surface area contributed by atoms with Gasteiger partial charge < -0.3 is 9.47 Å². The third kappa shape index (κ3) is 4.51. The summed E-state index contributed by atoms with van der Waals surface area (Å²) >= 11 is 6.62. The minimum Gasteiger partial charge on any atom is -0.493 e. The van der Waals surface area contributed by atoms with Crippen LogP contribution in [0.3, 0.4) is 0 Å². The standard InChI is InChI=1S/C29H23ClN2O3/c1-19-25(29(33)32(31-19)23-12-4-3-5-13-23)15-20-16-26(30)28(27(17-20)34-2)35-18-22-11-8-10-21-9-6-7-14-24(21)22/h3-17H,18H2,1-2H3/b25-15+. The van der Waals surface area contributed by atoms with Crippen molar-refractivity contribution in [1.29, 1.82) is 0 Å². The highest BCUT2D eigenvalue weighted by Crippen LogP contribution is 2.38. The van der Waals surface area contributed by atoms with Crippen LogP contribution in [0.15, 0.2) is 95.6 Å². The fourth-order valence-corrected chi connectivity index (χ4v) is 4.40. The second-order valence-corrected chi connectivity index (χ2v) is 8.56. The summed E-state index contributed by atoms with van der Waals surface area (Å²) in [5.41, 5.74) is 3.61. The van der Waals surface area contributed by atoms with Gasteiger partial charge >= 0.3 is 0 Å². The number of carbonyl (C=O) groups excluding carboxylic acids is 1. The Morgan fingerprint density at radius 3 is 2.51 bits per heavy atom. The predicted octanol–water partition coefficient (Wildman–Crippen LogP) is 6.89. The SMILES string of the molecule is COc1cc(/C=C2/C(=O)N(c3ccccc3)N=C2C)cc(Cl)c1OCc1cccc2ccccc12. The second-order valence-electron chi connectivity index (χ2n) is 8.16. The third-order valence-corrected chi connectivity index (χ3v) is 6.16. The summed E-state index contributed by atoms with van der Waals surface area (Å²) in [6, 6.07) is 27.2. The zero-order valence-corrected chi connectivity index (χ0v) is 20.1. The molecule has 35 heavy (non-hydrogen) atoms. The van der Waals surface area contributed by atoms with E-state index < -0.39 is 0 Å². The van der Waals surface area contributed by atoms with Crippen LogP contribution in [0.25, 0.3) is 16.8 Å². The number of nitrogens with zero attached hydrogens (tertiary/aromatic N) is 2. The van der Waals surface area contributed by atoms with Gasteiger partial charge in [0.2, 0.25) is 0 Å². The first kappa shape index (κ1) is 22.7. The maximum atomic E-state index is 13.0. The van der Waals surface area contributed by atoms with E-state index in [1.807, 2.05) is 67.6 Å². The summed E-state index contributed by atoms with van der Waals surface area (Å²) in [5.74, 6) is 0.753. The largest absolute Gasteiger partial charge is 0.493 e. The number of para-hydroxylation sites is 1. The van der Waals surface area contributed by atoms with E-state index in [0.29, 0.717) is 40.1 Å². The molecule has 0 N–H and O–H groups in total. The molecule has 0 aliphatic carbocycles. The fourth-order valence-electron chi connectivity index (χ4n) is 4.13. The zero-order chi connectivity index (χ0) is 24.4. The first-order valence-corrected chi connectivity index (χ1v) is 11.6. The summed E-state index contributed by atoms with van der Waals surface area (Å²) in [6.45, 7) is 2.15. The first-order chi connectivity index (χ1) is 17.0. The molecule has 4 aromatic carbocycles. The average Bonchev–Trinajstić information content (AvgIpc) is 3.16. The number of fused-ring (bicyclic) bond motifs is 1. The van der Waals surface area contributed by atoms with Crippen molar-refractivity contribution in [3.05, 3.63) is 107 Å². The first-order valence-electron chi connectivity index (χ1n) is 11.2. The van der Waals surface area contributed by atoms with Gasteiger partial charge in [-0.15, -0.1) is 0 Å². The van der Waals surface area contributed by atoms with Gasteiger partial charge in [-0.3, -0.25) is 4.79 Å². The molecule has 6 heteroatoms. The van der Waals surface area contributed by atoms with E-state index in [-0.39, 0.29) is 5.91 Å². The molecule has 0 atom stereocenters. The van der Waals surface area contributed by atoms with Crippen molar-refractivity contribution in [1.82, 2.24) is 0 Å². The van der Waals surface area contributed by atoms with E-state index in [2.05, 4.69) is 23.3 Å². The number of rotatable bonds is 6. The molecule has 174 valence electrons. The van der Waals surface area contributed by atoms with Crippen molar-refractivity contribution < 1.29 is 14.3 Å². The maximum Gasteiger partial charge on any atom is 0.280 e. The van der Waals surface area contributed by atoms with E-state index >= 15 is 0 Å². The highest BCUT2D eigenvalue weighted by Gasteiger charge is 2.28. The molecule has 5 nitrogen and oxygen atoms in total. The molecular weight excluding hydrogens is 460 g/mol. The smallest absolute Gasteiger partial charge is 0.280 e.